The Morgan fingerprint density at radius 1 is 0.792 bits per heavy atom. The number of ether oxygens (including phenoxy) is 2. The van der Waals surface area contributed by atoms with E-state index in [1.807, 2.05) is 24.3 Å². The molecular weight excluding hydrogens is 298 g/mol. The molecular formula is C21H29NO2. The van der Waals surface area contributed by atoms with Crippen LogP contribution >= 0.6 is 0 Å². The number of methoxy groups -OCH3 is 2. The van der Waals surface area contributed by atoms with Crippen molar-refractivity contribution in [2.45, 2.75) is 32.7 Å². The summed E-state index contributed by atoms with van der Waals surface area (Å²) in [4.78, 5) is 2.53. The monoisotopic (exact) mass is 327 g/mol. The minimum atomic E-state index is 0.248. The van der Waals surface area contributed by atoms with Crippen molar-refractivity contribution < 1.29 is 9.47 Å². The summed E-state index contributed by atoms with van der Waals surface area (Å²) in [7, 11) is 3.41. The predicted molar refractivity (Wildman–Crippen MR) is 100.0 cm³/mol. The fourth-order valence-electron chi connectivity index (χ4n) is 3.02. The van der Waals surface area contributed by atoms with E-state index in [1.54, 1.807) is 14.2 Å². The van der Waals surface area contributed by atoms with Gasteiger partial charge in [-0.1, -0.05) is 44.5 Å². The van der Waals surface area contributed by atoms with Gasteiger partial charge in [-0.2, -0.15) is 0 Å². The second kappa shape index (κ2) is 9.33. The summed E-state index contributed by atoms with van der Waals surface area (Å²) < 4.78 is 10.6. The van der Waals surface area contributed by atoms with Crippen molar-refractivity contribution in [2.24, 2.45) is 0 Å². The van der Waals surface area contributed by atoms with Crippen LogP contribution in [0.2, 0.25) is 0 Å². The molecule has 0 aliphatic rings. The van der Waals surface area contributed by atoms with E-state index in [9.17, 15) is 0 Å². The lowest BCUT2D eigenvalue weighted by Crippen LogP contribution is -2.30. The molecule has 0 atom stereocenters. The third-order valence-corrected chi connectivity index (χ3v) is 4.43. The van der Waals surface area contributed by atoms with Crippen molar-refractivity contribution in [3.05, 3.63) is 59.7 Å². The van der Waals surface area contributed by atoms with Crippen LogP contribution in [0.15, 0.2) is 48.5 Å². The van der Waals surface area contributed by atoms with Crippen LogP contribution in [0.5, 0.6) is 11.5 Å². The van der Waals surface area contributed by atoms with E-state index < -0.39 is 0 Å². The van der Waals surface area contributed by atoms with E-state index in [1.165, 1.54) is 24.0 Å². The second-order valence-electron chi connectivity index (χ2n) is 5.93. The minimum absolute atomic E-state index is 0.248. The lowest BCUT2D eigenvalue weighted by atomic mass is 9.96. The molecule has 0 aliphatic heterocycles. The fraction of sp³-hybridized carbons (Fsp3) is 0.429. The topological polar surface area (TPSA) is 21.7 Å². The maximum Gasteiger partial charge on any atom is 0.118 e. The van der Waals surface area contributed by atoms with Crippen LogP contribution in [-0.2, 0) is 0 Å². The van der Waals surface area contributed by atoms with Crippen molar-refractivity contribution in [1.29, 1.82) is 0 Å². The molecule has 2 aromatic rings. The third kappa shape index (κ3) is 4.51. The van der Waals surface area contributed by atoms with Crippen LogP contribution in [0.3, 0.4) is 0 Å². The molecule has 0 N–H and O–H groups in total. The van der Waals surface area contributed by atoms with E-state index >= 15 is 0 Å². The standard InChI is InChI=1S/C21H29NO2/c1-5-7-16-22(6-2)21(17-8-12-19(23-3)13-9-17)18-10-14-20(24-4)15-11-18/h8-15,21H,5-7,16H2,1-4H3. The number of hydrogen-bond donors (Lipinski definition) is 0. The van der Waals surface area contributed by atoms with Gasteiger partial charge in [-0.25, -0.2) is 0 Å². The summed E-state index contributed by atoms with van der Waals surface area (Å²) in [6.07, 6.45) is 2.41. The SMILES string of the molecule is CCCCN(CC)C(c1ccc(OC)cc1)c1ccc(OC)cc1. The molecule has 0 unspecified atom stereocenters. The van der Waals surface area contributed by atoms with Crippen molar-refractivity contribution >= 4 is 0 Å². The van der Waals surface area contributed by atoms with E-state index in [0.29, 0.717) is 0 Å². The number of benzene rings is 2. The van der Waals surface area contributed by atoms with Crippen LogP contribution in [0.25, 0.3) is 0 Å². The Labute approximate surface area is 146 Å². The third-order valence-electron chi connectivity index (χ3n) is 4.43. The first-order valence-corrected chi connectivity index (χ1v) is 8.75. The van der Waals surface area contributed by atoms with Crippen molar-refractivity contribution in [1.82, 2.24) is 4.90 Å². The smallest absolute Gasteiger partial charge is 0.118 e. The Morgan fingerprint density at radius 3 is 1.58 bits per heavy atom. The normalized spacial score (nSPS) is 11.1. The van der Waals surface area contributed by atoms with Gasteiger partial charge < -0.3 is 9.47 Å². The van der Waals surface area contributed by atoms with Gasteiger partial charge >= 0.3 is 0 Å². The Morgan fingerprint density at radius 2 is 1.25 bits per heavy atom. The molecule has 2 rings (SSSR count). The Hall–Kier alpha value is -2.00. The molecule has 0 heterocycles. The van der Waals surface area contributed by atoms with E-state index in [4.69, 9.17) is 9.47 Å². The highest BCUT2D eigenvalue weighted by molar-refractivity contribution is 5.38. The molecule has 24 heavy (non-hydrogen) atoms. The summed E-state index contributed by atoms with van der Waals surface area (Å²) in [5, 5.41) is 0. The van der Waals surface area contributed by atoms with Crippen molar-refractivity contribution in [3.63, 3.8) is 0 Å². The minimum Gasteiger partial charge on any atom is -0.497 e. The summed E-state index contributed by atoms with van der Waals surface area (Å²) in [5.74, 6) is 1.78. The Kier molecular flexibility index (Phi) is 7.13. The first-order valence-electron chi connectivity index (χ1n) is 8.75. The summed E-state index contributed by atoms with van der Waals surface area (Å²) >= 11 is 0. The molecule has 0 bridgehead atoms. The quantitative estimate of drug-likeness (QED) is 0.653. The zero-order valence-corrected chi connectivity index (χ0v) is 15.3. The van der Waals surface area contributed by atoms with Crippen molar-refractivity contribution in [3.8, 4) is 11.5 Å². The fourth-order valence-corrected chi connectivity index (χ4v) is 3.02. The molecule has 3 nitrogen and oxygen atoms in total. The first kappa shape index (κ1) is 18.3. The molecule has 0 radical (unpaired) electrons. The molecule has 0 aromatic heterocycles. The van der Waals surface area contributed by atoms with Gasteiger partial charge in [0, 0.05) is 0 Å². The van der Waals surface area contributed by atoms with Gasteiger partial charge in [-0.3, -0.25) is 4.90 Å². The maximum absolute atomic E-state index is 5.31. The molecule has 0 aliphatic carbocycles. The number of nitrogens with zero attached hydrogens (tertiary/aromatic N) is 1. The van der Waals surface area contributed by atoms with Gasteiger partial charge in [0.15, 0.2) is 0 Å². The van der Waals surface area contributed by atoms with Crippen LogP contribution in [0.4, 0.5) is 0 Å². The summed E-state index contributed by atoms with van der Waals surface area (Å²) in [5.41, 5.74) is 2.58. The summed E-state index contributed by atoms with van der Waals surface area (Å²) in [6, 6.07) is 17.1. The van der Waals surface area contributed by atoms with Gasteiger partial charge in [0.1, 0.15) is 11.5 Å². The lowest BCUT2D eigenvalue weighted by molar-refractivity contribution is 0.233. The highest BCUT2D eigenvalue weighted by Gasteiger charge is 2.21. The number of hydrogen-bond acceptors (Lipinski definition) is 3. The van der Waals surface area contributed by atoms with Crippen LogP contribution in [0.1, 0.15) is 43.9 Å². The zero-order chi connectivity index (χ0) is 17.4. The zero-order valence-electron chi connectivity index (χ0n) is 15.3. The van der Waals surface area contributed by atoms with E-state index in [2.05, 4.69) is 43.0 Å². The predicted octanol–water partition coefficient (Wildman–Crippen LogP) is 4.92. The average molecular weight is 327 g/mol. The van der Waals surface area contributed by atoms with Gasteiger partial charge in [-0.05, 0) is 54.9 Å². The molecule has 0 fully saturated rings. The van der Waals surface area contributed by atoms with Crippen LogP contribution in [0, 0.1) is 0 Å². The van der Waals surface area contributed by atoms with Crippen LogP contribution < -0.4 is 9.47 Å². The van der Waals surface area contributed by atoms with Gasteiger partial charge in [0.2, 0.25) is 0 Å². The number of unbranched alkanes of at least 4 members (excludes halogenated alkanes) is 1. The highest BCUT2D eigenvalue weighted by Crippen LogP contribution is 2.31. The average Bonchev–Trinajstić information content (AvgIpc) is 2.65. The molecule has 0 saturated heterocycles. The largest absolute Gasteiger partial charge is 0.497 e. The Balaban J connectivity index is 2.37. The lowest BCUT2D eigenvalue weighted by Gasteiger charge is -2.32. The highest BCUT2D eigenvalue weighted by atomic mass is 16.5. The summed E-state index contributed by atoms with van der Waals surface area (Å²) in [6.45, 7) is 6.58. The molecule has 2 aromatic carbocycles. The molecule has 0 spiro atoms. The molecule has 0 saturated carbocycles. The molecule has 130 valence electrons. The maximum atomic E-state index is 5.31. The van der Waals surface area contributed by atoms with Crippen LogP contribution in [-0.4, -0.2) is 32.2 Å². The van der Waals surface area contributed by atoms with E-state index in [-0.39, 0.29) is 6.04 Å². The van der Waals surface area contributed by atoms with Gasteiger partial charge in [0.05, 0.1) is 20.3 Å². The molecule has 3 heteroatoms. The molecule has 0 amide bonds. The number of rotatable bonds is 9. The van der Waals surface area contributed by atoms with Crippen molar-refractivity contribution in [2.75, 3.05) is 27.3 Å². The Bertz CT molecular complexity index is 545. The van der Waals surface area contributed by atoms with Gasteiger partial charge in [-0.15, -0.1) is 0 Å². The van der Waals surface area contributed by atoms with Gasteiger partial charge in [0.25, 0.3) is 0 Å². The first-order chi connectivity index (χ1) is 11.7. The van der Waals surface area contributed by atoms with E-state index in [0.717, 1.165) is 24.6 Å². The second-order valence-corrected chi connectivity index (χ2v) is 5.93.